The maximum atomic E-state index is 12.4. The van der Waals surface area contributed by atoms with Crippen molar-refractivity contribution >= 4 is 22.1 Å². The second-order valence-corrected chi connectivity index (χ2v) is 8.21. The van der Waals surface area contributed by atoms with Crippen LogP contribution in [0.25, 0.3) is 6.08 Å². The number of esters is 1. The highest BCUT2D eigenvalue weighted by atomic mass is 32.2. The third kappa shape index (κ3) is 5.54. The van der Waals surface area contributed by atoms with Gasteiger partial charge in [0.2, 0.25) is 10.0 Å². The first-order chi connectivity index (χ1) is 12.5. The average molecular weight is 378 g/mol. The van der Waals surface area contributed by atoms with Gasteiger partial charge in [-0.2, -0.15) is 4.31 Å². The van der Waals surface area contributed by atoms with Crippen LogP contribution in [0.3, 0.4) is 0 Å². The molecule has 0 spiro atoms. The van der Waals surface area contributed by atoms with Gasteiger partial charge in [0.15, 0.2) is 0 Å². The normalized spacial score (nSPS) is 17.7. The molecule has 142 valence electrons. The van der Waals surface area contributed by atoms with Crippen LogP contribution in [0.4, 0.5) is 0 Å². The summed E-state index contributed by atoms with van der Waals surface area (Å²) in [5.74, 6) is 0.0290. The van der Waals surface area contributed by atoms with E-state index in [-0.39, 0.29) is 10.9 Å². The highest BCUT2D eigenvalue weighted by molar-refractivity contribution is 7.89. The van der Waals surface area contributed by atoms with Gasteiger partial charge in [0.1, 0.15) is 0 Å². The zero-order chi connectivity index (χ0) is 19.0. The Balaban J connectivity index is 1.92. The van der Waals surface area contributed by atoms with E-state index in [1.54, 1.807) is 30.3 Å². The number of ether oxygens (including phenoxy) is 1. The minimum Gasteiger partial charge on any atom is -0.462 e. The molecule has 0 fully saturated rings. The van der Waals surface area contributed by atoms with Crippen molar-refractivity contribution in [1.82, 2.24) is 4.31 Å². The van der Waals surface area contributed by atoms with Crippen molar-refractivity contribution < 1.29 is 17.9 Å². The molecule has 1 aromatic carbocycles. The molecule has 0 bridgehead atoms. The van der Waals surface area contributed by atoms with Gasteiger partial charge in [-0.05, 0) is 49.0 Å². The number of benzene rings is 1. The van der Waals surface area contributed by atoms with Gasteiger partial charge in [-0.25, -0.2) is 13.2 Å². The lowest BCUT2D eigenvalue weighted by Crippen LogP contribution is -2.30. The van der Waals surface area contributed by atoms with E-state index < -0.39 is 10.0 Å². The van der Waals surface area contributed by atoms with Gasteiger partial charge < -0.3 is 4.74 Å². The maximum absolute atomic E-state index is 12.4. The minimum absolute atomic E-state index is 0.256. The quantitative estimate of drug-likeness (QED) is 0.394. The van der Waals surface area contributed by atoms with Crippen molar-refractivity contribution in [2.45, 2.75) is 38.0 Å². The standard InChI is InChI=1S/C20H27NO4S/c1-3-21(4-2)26(23,24)19-13-10-17(11-14-19)12-15-20(22)25-16-18-8-6-5-7-9-18/h5-6,10-15,18H,3-4,7-9,16H2,1-2H3. The van der Waals surface area contributed by atoms with Crippen molar-refractivity contribution in [2.75, 3.05) is 19.7 Å². The molecule has 6 heteroatoms. The molecule has 0 aliphatic heterocycles. The molecule has 0 heterocycles. The fourth-order valence-corrected chi connectivity index (χ4v) is 4.34. The molecule has 0 N–H and O–H groups in total. The van der Waals surface area contributed by atoms with Crippen molar-refractivity contribution in [3.8, 4) is 0 Å². The summed E-state index contributed by atoms with van der Waals surface area (Å²) in [5.41, 5.74) is 0.751. The summed E-state index contributed by atoms with van der Waals surface area (Å²) in [6.07, 6.45) is 10.4. The average Bonchev–Trinajstić information content (AvgIpc) is 2.66. The van der Waals surface area contributed by atoms with E-state index in [1.165, 1.54) is 10.4 Å². The molecular formula is C20H27NO4S. The molecule has 26 heavy (non-hydrogen) atoms. The molecule has 0 amide bonds. The Hall–Kier alpha value is -1.92. The van der Waals surface area contributed by atoms with E-state index >= 15 is 0 Å². The summed E-state index contributed by atoms with van der Waals surface area (Å²) in [4.78, 5) is 12.1. The van der Waals surface area contributed by atoms with Crippen molar-refractivity contribution in [3.63, 3.8) is 0 Å². The van der Waals surface area contributed by atoms with Crippen LogP contribution in [0.1, 0.15) is 38.7 Å². The first kappa shape index (κ1) is 20.4. The first-order valence-electron chi connectivity index (χ1n) is 9.07. The number of carbonyl (C=O) groups excluding carboxylic acids is 1. The van der Waals surface area contributed by atoms with Gasteiger partial charge in [0.05, 0.1) is 11.5 Å². The van der Waals surface area contributed by atoms with E-state index in [0.29, 0.717) is 25.6 Å². The zero-order valence-corrected chi connectivity index (χ0v) is 16.2. The van der Waals surface area contributed by atoms with Crippen LogP contribution >= 0.6 is 0 Å². The molecule has 0 saturated heterocycles. The summed E-state index contributed by atoms with van der Waals surface area (Å²) in [6, 6.07) is 6.50. The van der Waals surface area contributed by atoms with Crippen LogP contribution in [0.2, 0.25) is 0 Å². The van der Waals surface area contributed by atoms with Crippen molar-refractivity contribution in [3.05, 3.63) is 48.1 Å². The van der Waals surface area contributed by atoms with Gasteiger partial charge in [-0.15, -0.1) is 0 Å². The van der Waals surface area contributed by atoms with Gasteiger partial charge >= 0.3 is 5.97 Å². The Labute approximate surface area is 156 Å². The monoisotopic (exact) mass is 377 g/mol. The van der Waals surface area contributed by atoms with Gasteiger partial charge in [0, 0.05) is 19.2 Å². The Kier molecular flexibility index (Phi) is 7.60. The largest absolute Gasteiger partial charge is 0.462 e. The predicted octanol–water partition coefficient (Wildman–Crippen LogP) is 3.63. The highest BCUT2D eigenvalue weighted by Gasteiger charge is 2.20. The van der Waals surface area contributed by atoms with E-state index in [2.05, 4.69) is 12.2 Å². The molecule has 1 aliphatic rings. The number of rotatable bonds is 8. The van der Waals surface area contributed by atoms with Crippen LogP contribution < -0.4 is 0 Å². The molecule has 5 nitrogen and oxygen atoms in total. The molecule has 0 radical (unpaired) electrons. The van der Waals surface area contributed by atoms with Crippen LogP contribution in [-0.4, -0.2) is 38.4 Å². The fraction of sp³-hybridized carbons (Fsp3) is 0.450. The van der Waals surface area contributed by atoms with Crippen LogP contribution in [0, 0.1) is 5.92 Å². The smallest absolute Gasteiger partial charge is 0.330 e. The molecule has 1 atom stereocenters. The molecule has 1 aromatic rings. The number of nitrogens with zero attached hydrogens (tertiary/aromatic N) is 1. The lowest BCUT2D eigenvalue weighted by Gasteiger charge is -2.18. The Bertz CT molecular complexity index is 747. The summed E-state index contributed by atoms with van der Waals surface area (Å²) in [5, 5.41) is 0. The second-order valence-electron chi connectivity index (χ2n) is 6.27. The third-order valence-corrected chi connectivity index (χ3v) is 6.54. The van der Waals surface area contributed by atoms with Crippen LogP contribution in [0.15, 0.2) is 47.4 Å². The van der Waals surface area contributed by atoms with Crippen molar-refractivity contribution in [1.29, 1.82) is 0 Å². The molecule has 1 unspecified atom stereocenters. The second kappa shape index (κ2) is 9.69. The summed E-state index contributed by atoms with van der Waals surface area (Å²) in [7, 11) is -3.46. The number of hydrogen-bond acceptors (Lipinski definition) is 4. The summed E-state index contributed by atoms with van der Waals surface area (Å²) in [6.45, 7) is 4.93. The lowest BCUT2D eigenvalue weighted by atomic mass is 9.95. The molecule has 0 saturated carbocycles. The molecule has 1 aliphatic carbocycles. The fourth-order valence-electron chi connectivity index (χ4n) is 2.88. The van der Waals surface area contributed by atoms with E-state index in [0.717, 1.165) is 24.8 Å². The number of sulfonamides is 1. The summed E-state index contributed by atoms with van der Waals surface area (Å²) >= 11 is 0. The van der Waals surface area contributed by atoms with E-state index in [9.17, 15) is 13.2 Å². The Morgan fingerprint density at radius 3 is 2.46 bits per heavy atom. The third-order valence-electron chi connectivity index (χ3n) is 4.47. The summed E-state index contributed by atoms with van der Waals surface area (Å²) < 4.78 is 31.6. The number of hydrogen-bond donors (Lipinski definition) is 0. The first-order valence-corrected chi connectivity index (χ1v) is 10.5. The van der Waals surface area contributed by atoms with E-state index in [4.69, 9.17) is 4.74 Å². The number of allylic oxidation sites excluding steroid dienone is 2. The zero-order valence-electron chi connectivity index (χ0n) is 15.4. The highest BCUT2D eigenvalue weighted by Crippen LogP contribution is 2.19. The molecule has 2 rings (SSSR count). The Morgan fingerprint density at radius 1 is 1.19 bits per heavy atom. The topological polar surface area (TPSA) is 63.7 Å². The SMILES string of the molecule is CCN(CC)S(=O)(=O)c1ccc(C=CC(=O)OCC2CC=CCC2)cc1. The lowest BCUT2D eigenvalue weighted by molar-refractivity contribution is -0.139. The maximum Gasteiger partial charge on any atom is 0.330 e. The minimum atomic E-state index is -3.46. The van der Waals surface area contributed by atoms with Crippen LogP contribution in [-0.2, 0) is 19.6 Å². The van der Waals surface area contributed by atoms with Crippen molar-refractivity contribution in [2.24, 2.45) is 5.92 Å². The number of carbonyl (C=O) groups is 1. The van der Waals surface area contributed by atoms with Crippen LogP contribution in [0.5, 0.6) is 0 Å². The Morgan fingerprint density at radius 2 is 1.88 bits per heavy atom. The van der Waals surface area contributed by atoms with E-state index in [1.807, 2.05) is 13.8 Å². The van der Waals surface area contributed by atoms with Gasteiger partial charge in [-0.1, -0.05) is 38.1 Å². The molecular weight excluding hydrogens is 350 g/mol. The predicted molar refractivity (Wildman–Crippen MR) is 103 cm³/mol. The van der Waals surface area contributed by atoms with Gasteiger partial charge in [0.25, 0.3) is 0 Å². The van der Waals surface area contributed by atoms with Gasteiger partial charge in [-0.3, -0.25) is 0 Å². The molecule has 0 aromatic heterocycles.